The first kappa shape index (κ1) is 16.5. The predicted molar refractivity (Wildman–Crippen MR) is 95.1 cm³/mol. The third-order valence-corrected chi connectivity index (χ3v) is 5.02. The minimum atomic E-state index is 0.107. The van der Waals surface area contributed by atoms with E-state index in [1.165, 1.54) is 24.0 Å². The van der Waals surface area contributed by atoms with Crippen molar-refractivity contribution in [3.05, 3.63) is 68.7 Å². The van der Waals surface area contributed by atoms with E-state index in [0.717, 1.165) is 21.5 Å². The minimum Gasteiger partial charge on any atom is -0.309 e. The predicted octanol–water partition coefficient (Wildman–Crippen LogP) is 5.75. The van der Waals surface area contributed by atoms with E-state index in [4.69, 9.17) is 11.6 Å². The first-order chi connectivity index (χ1) is 10.2. The molecule has 0 saturated heterocycles. The highest BCUT2D eigenvalue weighted by atomic mass is 79.9. The molecule has 0 fully saturated rings. The number of rotatable bonds is 6. The van der Waals surface area contributed by atoms with Crippen LogP contribution in [-0.4, -0.2) is 7.05 Å². The molecule has 2 rings (SSSR count). The summed E-state index contributed by atoms with van der Waals surface area (Å²) in [5.74, 6) is 0. The molecule has 0 saturated carbocycles. The van der Waals surface area contributed by atoms with Crippen LogP contribution < -0.4 is 5.32 Å². The Hall–Kier alpha value is -0.830. The molecule has 0 aliphatic carbocycles. The van der Waals surface area contributed by atoms with Crippen molar-refractivity contribution in [2.75, 3.05) is 7.05 Å². The molecule has 2 aromatic rings. The van der Waals surface area contributed by atoms with Crippen molar-refractivity contribution in [2.45, 2.75) is 32.2 Å². The SMILES string of the molecule is CCCCc1ccc(C(NC)c2cccc(Br)c2Cl)cc1. The highest BCUT2D eigenvalue weighted by molar-refractivity contribution is 9.10. The molecule has 1 atom stereocenters. The average Bonchev–Trinajstić information content (AvgIpc) is 2.51. The fourth-order valence-corrected chi connectivity index (χ4v) is 3.12. The number of hydrogen-bond donors (Lipinski definition) is 1. The molecule has 0 aromatic heterocycles. The quantitative estimate of drug-likeness (QED) is 0.686. The van der Waals surface area contributed by atoms with Gasteiger partial charge in [-0.05, 0) is 58.6 Å². The van der Waals surface area contributed by atoms with Crippen molar-refractivity contribution >= 4 is 27.5 Å². The van der Waals surface area contributed by atoms with Crippen molar-refractivity contribution in [3.8, 4) is 0 Å². The Labute approximate surface area is 140 Å². The van der Waals surface area contributed by atoms with Crippen LogP contribution in [0.2, 0.25) is 5.02 Å². The lowest BCUT2D eigenvalue weighted by Crippen LogP contribution is -2.18. The van der Waals surface area contributed by atoms with Crippen molar-refractivity contribution in [1.29, 1.82) is 0 Å². The lowest BCUT2D eigenvalue weighted by Gasteiger charge is -2.19. The fraction of sp³-hybridized carbons (Fsp3) is 0.333. The van der Waals surface area contributed by atoms with Crippen molar-refractivity contribution in [3.63, 3.8) is 0 Å². The number of nitrogens with one attached hydrogen (secondary N) is 1. The van der Waals surface area contributed by atoms with E-state index in [-0.39, 0.29) is 6.04 Å². The molecule has 1 nitrogen and oxygen atoms in total. The van der Waals surface area contributed by atoms with Gasteiger partial charge in [-0.15, -0.1) is 0 Å². The smallest absolute Gasteiger partial charge is 0.0599 e. The van der Waals surface area contributed by atoms with Gasteiger partial charge in [0.1, 0.15) is 0 Å². The minimum absolute atomic E-state index is 0.107. The summed E-state index contributed by atoms with van der Waals surface area (Å²) in [7, 11) is 1.97. The Morgan fingerprint density at radius 3 is 2.48 bits per heavy atom. The summed E-state index contributed by atoms with van der Waals surface area (Å²) >= 11 is 9.93. The zero-order chi connectivity index (χ0) is 15.2. The summed E-state index contributed by atoms with van der Waals surface area (Å²) < 4.78 is 0.932. The molecule has 0 radical (unpaired) electrons. The topological polar surface area (TPSA) is 12.0 Å². The third-order valence-electron chi connectivity index (χ3n) is 3.71. The fourth-order valence-electron chi connectivity index (χ4n) is 2.50. The van der Waals surface area contributed by atoms with Crippen LogP contribution in [0.15, 0.2) is 46.9 Å². The van der Waals surface area contributed by atoms with E-state index in [1.54, 1.807) is 0 Å². The molecule has 0 amide bonds. The van der Waals surface area contributed by atoms with Crippen LogP contribution in [0.4, 0.5) is 0 Å². The molecule has 1 unspecified atom stereocenters. The summed E-state index contributed by atoms with van der Waals surface area (Å²) in [4.78, 5) is 0. The van der Waals surface area contributed by atoms with Crippen molar-refractivity contribution < 1.29 is 0 Å². The second-order valence-electron chi connectivity index (χ2n) is 5.21. The maximum Gasteiger partial charge on any atom is 0.0599 e. The molecule has 0 bridgehead atoms. The van der Waals surface area contributed by atoms with Crippen molar-refractivity contribution in [1.82, 2.24) is 5.32 Å². The van der Waals surface area contributed by atoms with Gasteiger partial charge in [-0.1, -0.05) is 61.3 Å². The Kier molecular flexibility index (Phi) is 6.28. The van der Waals surface area contributed by atoms with E-state index in [1.807, 2.05) is 19.2 Å². The van der Waals surface area contributed by atoms with Gasteiger partial charge in [0.05, 0.1) is 11.1 Å². The van der Waals surface area contributed by atoms with Crippen LogP contribution >= 0.6 is 27.5 Å². The van der Waals surface area contributed by atoms with Gasteiger partial charge in [0.15, 0.2) is 0 Å². The molecular formula is C18H21BrClN. The van der Waals surface area contributed by atoms with Crippen LogP contribution in [-0.2, 0) is 6.42 Å². The average molecular weight is 367 g/mol. The molecule has 2 aromatic carbocycles. The third kappa shape index (κ3) is 4.09. The number of benzene rings is 2. The second-order valence-corrected chi connectivity index (χ2v) is 6.44. The van der Waals surface area contributed by atoms with Crippen LogP contribution in [0, 0.1) is 0 Å². The number of halogens is 2. The van der Waals surface area contributed by atoms with Gasteiger partial charge < -0.3 is 5.32 Å². The number of aryl methyl sites for hydroxylation is 1. The second kappa shape index (κ2) is 7.98. The molecular weight excluding hydrogens is 346 g/mol. The Morgan fingerprint density at radius 1 is 1.14 bits per heavy atom. The standard InChI is InChI=1S/C18H21BrClN/c1-3-4-6-13-9-11-14(12-10-13)18(21-2)15-7-5-8-16(19)17(15)20/h5,7-12,18,21H,3-4,6H2,1-2H3. The van der Waals surface area contributed by atoms with Crippen molar-refractivity contribution in [2.24, 2.45) is 0 Å². The van der Waals surface area contributed by atoms with Gasteiger partial charge in [0.25, 0.3) is 0 Å². The van der Waals surface area contributed by atoms with Gasteiger partial charge in [0, 0.05) is 4.47 Å². The molecule has 0 aliphatic rings. The van der Waals surface area contributed by atoms with Crippen LogP contribution in [0.25, 0.3) is 0 Å². The molecule has 0 aliphatic heterocycles. The largest absolute Gasteiger partial charge is 0.309 e. The van der Waals surface area contributed by atoms with E-state index in [9.17, 15) is 0 Å². The normalized spacial score (nSPS) is 12.4. The maximum absolute atomic E-state index is 6.43. The number of hydrogen-bond acceptors (Lipinski definition) is 1. The molecule has 112 valence electrons. The van der Waals surface area contributed by atoms with E-state index < -0.39 is 0 Å². The van der Waals surface area contributed by atoms with E-state index in [0.29, 0.717) is 0 Å². The summed E-state index contributed by atoms with van der Waals surface area (Å²) in [6.07, 6.45) is 3.62. The van der Waals surface area contributed by atoms with Crippen LogP contribution in [0.1, 0.15) is 42.5 Å². The molecule has 1 N–H and O–H groups in total. The lowest BCUT2D eigenvalue weighted by molar-refractivity contribution is 0.691. The monoisotopic (exact) mass is 365 g/mol. The van der Waals surface area contributed by atoms with Crippen LogP contribution in [0.3, 0.4) is 0 Å². The first-order valence-corrected chi connectivity index (χ1v) is 8.54. The Balaban J connectivity index is 2.27. The molecule has 3 heteroatoms. The van der Waals surface area contributed by atoms with Gasteiger partial charge in [-0.2, -0.15) is 0 Å². The molecule has 0 heterocycles. The first-order valence-electron chi connectivity index (χ1n) is 7.37. The Bertz CT molecular complexity index is 580. The van der Waals surface area contributed by atoms with Crippen LogP contribution in [0.5, 0.6) is 0 Å². The molecule has 21 heavy (non-hydrogen) atoms. The molecule has 0 spiro atoms. The van der Waals surface area contributed by atoms with E-state index >= 15 is 0 Å². The summed E-state index contributed by atoms with van der Waals surface area (Å²) in [6.45, 7) is 2.22. The van der Waals surface area contributed by atoms with Gasteiger partial charge in [-0.3, -0.25) is 0 Å². The van der Waals surface area contributed by atoms with Gasteiger partial charge >= 0.3 is 0 Å². The number of unbranched alkanes of at least 4 members (excludes halogenated alkanes) is 1. The zero-order valence-corrected chi connectivity index (χ0v) is 14.8. The maximum atomic E-state index is 6.43. The van der Waals surface area contributed by atoms with E-state index in [2.05, 4.69) is 58.5 Å². The van der Waals surface area contributed by atoms with Gasteiger partial charge in [-0.25, -0.2) is 0 Å². The zero-order valence-electron chi connectivity index (χ0n) is 12.5. The summed E-state index contributed by atoms with van der Waals surface area (Å²) in [5.41, 5.74) is 3.73. The summed E-state index contributed by atoms with van der Waals surface area (Å²) in [5, 5.41) is 4.13. The highest BCUT2D eigenvalue weighted by Crippen LogP contribution is 2.33. The van der Waals surface area contributed by atoms with Gasteiger partial charge in [0.2, 0.25) is 0 Å². The highest BCUT2D eigenvalue weighted by Gasteiger charge is 2.16. The summed E-state index contributed by atoms with van der Waals surface area (Å²) in [6, 6.07) is 15.0. The Morgan fingerprint density at radius 2 is 1.86 bits per heavy atom. The lowest BCUT2D eigenvalue weighted by atomic mass is 9.97.